The van der Waals surface area contributed by atoms with Crippen molar-refractivity contribution in [1.29, 1.82) is 0 Å². The lowest BCUT2D eigenvalue weighted by atomic mass is 10.4. The van der Waals surface area contributed by atoms with Crippen molar-refractivity contribution in [3.05, 3.63) is 12.0 Å². The SMILES string of the molecule is NN1C=NC=C2OCN=C21. The molecule has 0 unspecified atom stereocenters. The van der Waals surface area contributed by atoms with E-state index < -0.39 is 0 Å². The van der Waals surface area contributed by atoms with Crippen LogP contribution in [0.3, 0.4) is 0 Å². The van der Waals surface area contributed by atoms with Gasteiger partial charge in [0.1, 0.15) is 6.34 Å². The average Bonchev–Trinajstić information content (AvgIpc) is 2.36. The van der Waals surface area contributed by atoms with Crippen LogP contribution in [0.1, 0.15) is 0 Å². The number of hydrogen-bond acceptors (Lipinski definition) is 5. The van der Waals surface area contributed by atoms with Crippen molar-refractivity contribution in [2.24, 2.45) is 15.8 Å². The third kappa shape index (κ3) is 0.608. The summed E-state index contributed by atoms with van der Waals surface area (Å²) in [6.45, 7) is 0.345. The Hall–Kier alpha value is -1.36. The van der Waals surface area contributed by atoms with E-state index in [1.165, 1.54) is 11.3 Å². The number of hydrogen-bond donors (Lipinski definition) is 1. The number of nitrogens with two attached hydrogens (primary N) is 1. The first-order chi connectivity index (χ1) is 4.88. The van der Waals surface area contributed by atoms with E-state index in [1.54, 1.807) is 6.20 Å². The summed E-state index contributed by atoms with van der Waals surface area (Å²) in [5.41, 5.74) is 0. The van der Waals surface area contributed by atoms with Gasteiger partial charge in [-0.3, -0.25) is 0 Å². The number of rotatable bonds is 0. The Bertz CT molecular complexity index is 242. The standard InChI is InChI=1S/C5H6N4O/c6-9-2-7-1-4-5(9)8-3-10-4/h1-2H,3,6H2. The van der Waals surface area contributed by atoms with Gasteiger partial charge in [-0.15, -0.1) is 0 Å². The molecule has 2 rings (SSSR count). The molecule has 2 heterocycles. The molecule has 0 atom stereocenters. The van der Waals surface area contributed by atoms with Gasteiger partial charge in [-0.2, -0.15) is 0 Å². The van der Waals surface area contributed by atoms with Gasteiger partial charge in [0.2, 0.25) is 0 Å². The summed E-state index contributed by atoms with van der Waals surface area (Å²) in [7, 11) is 0. The molecule has 10 heavy (non-hydrogen) atoms. The highest BCUT2D eigenvalue weighted by Gasteiger charge is 2.20. The zero-order chi connectivity index (χ0) is 6.97. The Morgan fingerprint density at radius 3 is 3.40 bits per heavy atom. The van der Waals surface area contributed by atoms with Gasteiger partial charge in [-0.05, 0) is 0 Å². The van der Waals surface area contributed by atoms with E-state index in [0.29, 0.717) is 18.3 Å². The second-order valence-electron chi connectivity index (χ2n) is 1.92. The van der Waals surface area contributed by atoms with Gasteiger partial charge >= 0.3 is 0 Å². The summed E-state index contributed by atoms with van der Waals surface area (Å²) < 4.78 is 5.05. The van der Waals surface area contributed by atoms with Crippen molar-refractivity contribution in [3.8, 4) is 0 Å². The maximum atomic E-state index is 5.45. The zero-order valence-corrected chi connectivity index (χ0v) is 5.19. The summed E-state index contributed by atoms with van der Waals surface area (Å²) in [6.07, 6.45) is 3.08. The van der Waals surface area contributed by atoms with E-state index in [0.717, 1.165) is 0 Å². The van der Waals surface area contributed by atoms with Gasteiger partial charge in [0.05, 0.1) is 6.20 Å². The molecule has 0 saturated heterocycles. The van der Waals surface area contributed by atoms with Crippen molar-refractivity contribution >= 4 is 12.2 Å². The van der Waals surface area contributed by atoms with E-state index in [-0.39, 0.29) is 0 Å². The van der Waals surface area contributed by atoms with Crippen LogP contribution in [0.15, 0.2) is 21.9 Å². The molecule has 0 aromatic rings. The minimum atomic E-state index is 0.345. The molecule has 2 N–H and O–H groups in total. The average molecular weight is 138 g/mol. The molecular weight excluding hydrogens is 132 g/mol. The van der Waals surface area contributed by atoms with Gasteiger partial charge in [0.25, 0.3) is 0 Å². The fourth-order valence-electron chi connectivity index (χ4n) is 0.837. The Morgan fingerprint density at radius 2 is 2.60 bits per heavy atom. The molecule has 0 bridgehead atoms. The maximum absolute atomic E-state index is 5.45. The van der Waals surface area contributed by atoms with Crippen molar-refractivity contribution in [2.75, 3.05) is 6.73 Å². The van der Waals surface area contributed by atoms with E-state index in [1.807, 2.05) is 0 Å². The first-order valence-corrected chi connectivity index (χ1v) is 2.83. The summed E-state index contributed by atoms with van der Waals surface area (Å²) in [5, 5.41) is 1.34. The van der Waals surface area contributed by atoms with Crippen molar-refractivity contribution in [1.82, 2.24) is 5.01 Å². The van der Waals surface area contributed by atoms with Crippen LogP contribution >= 0.6 is 0 Å². The van der Waals surface area contributed by atoms with Crippen LogP contribution in [0.2, 0.25) is 0 Å². The van der Waals surface area contributed by atoms with Gasteiger partial charge < -0.3 is 4.74 Å². The molecule has 0 aromatic heterocycles. The van der Waals surface area contributed by atoms with Gasteiger partial charge in [0, 0.05) is 0 Å². The van der Waals surface area contributed by atoms with Crippen molar-refractivity contribution in [2.45, 2.75) is 0 Å². The highest BCUT2D eigenvalue weighted by atomic mass is 16.5. The predicted octanol–water partition coefficient (Wildman–Crippen LogP) is -0.568. The first kappa shape index (κ1) is 5.43. The van der Waals surface area contributed by atoms with Gasteiger partial charge in [-0.1, -0.05) is 0 Å². The molecule has 2 aliphatic heterocycles. The predicted molar refractivity (Wildman–Crippen MR) is 36.0 cm³/mol. The number of nitrogens with zero attached hydrogens (tertiary/aromatic N) is 3. The molecule has 0 amide bonds. The Labute approximate surface area is 57.5 Å². The highest BCUT2D eigenvalue weighted by Crippen LogP contribution is 2.12. The van der Waals surface area contributed by atoms with Crippen LogP contribution in [-0.2, 0) is 4.74 Å². The van der Waals surface area contributed by atoms with E-state index in [4.69, 9.17) is 10.6 Å². The third-order valence-corrected chi connectivity index (χ3v) is 1.28. The van der Waals surface area contributed by atoms with Gasteiger partial charge in [-0.25, -0.2) is 20.8 Å². The zero-order valence-electron chi connectivity index (χ0n) is 5.19. The monoisotopic (exact) mass is 138 g/mol. The molecule has 52 valence electrons. The Kier molecular flexibility index (Phi) is 0.983. The Morgan fingerprint density at radius 1 is 1.70 bits per heavy atom. The lowest BCUT2D eigenvalue weighted by molar-refractivity contribution is 0.259. The van der Waals surface area contributed by atoms with Crippen LogP contribution in [-0.4, -0.2) is 23.9 Å². The van der Waals surface area contributed by atoms with E-state index in [9.17, 15) is 0 Å². The molecule has 5 nitrogen and oxygen atoms in total. The normalized spacial score (nSPS) is 21.5. The topological polar surface area (TPSA) is 63.2 Å². The number of fused-ring (bicyclic) bond motifs is 1. The van der Waals surface area contributed by atoms with Gasteiger partial charge in [0.15, 0.2) is 18.3 Å². The number of hydrazine groups is 1. The molecule has 0 fully saturated rings. The number of aliphatic imine (C=N–C) groups is 2. The van der Waals surface area contributed by atoms with E-state index >= 15 is 0 Å². The molecule has 0 radical (unpaired) electrons. The molecule has 0 spiro atoms. The van der Waals surface area contributed by atoms with Crippen LogP contribution in [0, 0.1) is 0 Å². The minimum Gasteiger partial charge on any atom is -0.466 e. The molecule has 2 aliphatic rings. The smallest absolute Gasteiger partial charge is 0.191 e. The quantitative estimate of drug-likeness (QED) is 0.456. The Balaban J connectivity index is 2.39. The van der Waals surface area contributed by atoms with Crippen molar-refractivity contribution < 1.29 is 4.74 Å². The minimum absolute atomic E-state index is 0.345. The summed E-state index contributed by atoms with van der Waals surface area (Å²) in [6, 6.07) is 0. The maximum Gasteiger partial charge on any atom is 0.191 e. The largest absolute Gasteiger partial charge is 0.466 e. The lowest BCUT2D eigenvalue weighted by Crippen LogP contribution is -2.37. The van der Waals surface area contributed by atoms with E-state index in [2.05, 4.69) is 9.98 Å². The highest BCUT2D eigenvalue weighted by molar-refractivity contribution is 6.04. The van der Waals surface area contributed by atoms with Crippen LogP contribution < -0.4 is 5.84 Å². The van der Waals surface area contributed by atoms with Crippen LogP contribution in [0.5, 0.6) is 0 Å². The molecule has 5 heteroatoms. The third-order valence-electron chi connectivity index (χ3n) is 1.28. The molecular formula is C5H6N4O. The summed E-state index contributed by atoms with van der Waals surface area (Å²) in [4.78, 5) is 7.78. The summed E-state index contributed by atoms with van der Waals surface area (Å²) in [5.74, 6) is 6.74. The van der Waals surface area contributed by atoms with Crippen LogP contribution in [0.25, 0.3) is 0 Å². The molecule has 0 aliphatic carbocycles. The lowest BCUT2D eigenvalue weighted by Gasteiger charge is -2.14. The fourth-order valence-corrected chi connectivity index (χ4v) is 0.837. The number of ether oxygens (including phenoxy) is 1. The number of amidine groups is 1. The first-order valence-electron chi connectivity index (χ1n) is 2.83. The van der Waals surface area contributed by atoms with Crippen molar-refractivity contribution in [3.63, 3.8) is 0 Å². The van der Waals surface area contributed by atoms with Crippen LogP contribution in [0.4, 0.5) is 0 Å². The fraction of sp³-hybridized carbons (Fsp3) is 0.200. The second-order valence-corrected chi connectivity index (χ2v) is 1.92. The summed E-state index contributed by atoms with van der Waals surface area (Å²) >= 11 is 0. The molecule has 0 aromatic carbocycles. The molecule has 0 saturated carbocycles. The second kappa shape index (κ2) is 1.81.